The number of carbonyl (C=O) groups is 2. The van der Waals surface area contributed by atoms with Crippen LogP contribution in [-0.2, 0) is 15.1 Å². The number of esters is 1. The smallest absolute Gasteiger partial charge is 0.339 e. The number of aliphatic hydroxyl groups is 1. The molecule has 3 unspecified atom stereocenters. The number of carbonyl (C=O) groups excluding carboxylic acids is 2. The van der Waals surface area contributed by atoms with Crippen LogP contribution in [0.3, 0.4) is 0 Å². The number of aromatic hydroxyl groups is 1. The van der Waals surface area contributed by atoms with E-state index in [1.807, 2.05) is 50.3 Å². The van der Waals surface area contributed by atoms with Crippen LogP contribution < -0.4 is 4.74 Å². The molecule has 0 amide bonds. The number of hydrogen-bond acceptors (Lipinski definition) is 6. The summed E-state index contributed by atoms with van der Waals surface area (Å²) in [7, 11) is 0. The zero-order valence-corrected chi connectivity index (χ0v) is 24.3. The summed E-state index contributed by atoms with van der Waals surface area (Å²) in [5.74, 6) is -1.42. The molecule has 6 nitrogen and oxygen atoms in total. The average Bonchev–Trinajstić information content (AvgIpc) is 3.21. The Morgan fingerprint density at radius 3 is 2.37 bits per heavy atom. The lowest BCUT2D eigenvalue weighted by molar-refractivity contribution is -0.121. The van der Waals surface area contributed by atoms with Gasteiger partial charge in [0.15, 0.2) is 5.60 Å². The van der Waals surface area contributed by atoms with Crippen LogP contribution in [-0.4, -0.2) is 28.1 Å². The van der Waals surface area contributed by atoms with Gasteiger partial charge in [-0.1, -0.05) is 85.1 Å². The minimum Gasteiger partial charge on any atom is -0.507 e. The molecule has 0 radical (unpaired) electrons. The molecule has 3 aliphatic rings. The number of aliphatic hydroxyl groups excluding tert-OH is 1. The molecule has 0 bridgehead atoms. The first-order valence-electron chi connectivity index (χ1n) is 13.2. The van der Waals surface area contributed by atoms with Crippen molar-refractivity contribution in [1.29, 1.82) is 0 Å². The van der Waals surface area contributed by atoms with Crippen LogP contribution in [0.5, 0.6) is 11.5 Å². The first-order chi connectivity index (χ1) is 19.5. The van der Waals surface area contributed by atoms with E-state index in [1.54, 1.807) is 6.07 Å². The van der Waals surface area contributed by atoms with Gasteiger partial charge in [-0.3, -0.25) is 4.79 Å². The maximum absolute atomic E-state index is 13.5. The second-order valence-electron chi connectivity index (χ2n) is 10.7. The summed E-state index contributed by atoms with van der Waals surface area (Å²) in [5.41, 5.74) is 1.30. The summed E-state index contributed by atoms with van der Waals surface area (Å²) in [5, 5.41) is 22.7. The third-order valence-corrected chi connectivity index (χ3v) is 9.05. The van der Waals surface area contributed by atoms with Gasteiger partial charge in [0.25, 0.3) is 0 Å². The van der Waals surface area contributed by atoms with Crippen LogP contribution in [0.4, 0.5) is 0 Å². The van der Waals surface area contributed by atoms with Crippen molar-refractivity contribution in [2.75, 3.05) is 0 Å². The highest BCUT2D eigenvalue weighted by atomic mass is 35.5. The first-order valence-corrected chi connectivity index (χ1v) is 14.3. The molecule has 2 N–H and O–H groups in total. The molecule has 1 spiro atoms. The number of phenolic OH excluding ortho intramolecular Hbond substituents is 1. The fraction of sp³-hybridized carbons (Fsp3) is 0.250. The number of hydrogen-bond donors (Lipinski definition) is 2. The molecule has 0 saturated heterocycles. The SMILES string of the molecule is CC(C)C(=O)CCC1=CC2C(Oc3cc(O)c(Cl)cc3C23OC(=O)c2cc(Cl)c(Cl)cc23)C(c2ccccc2)=C1O. The van der Waals surface area contributed by atoms with Gasteiger partial charge in [-0.25, -0.2) is 4.79 Å². The van der Waals surface area contributed by atoms with E-state index in [2.05, 4.69) is 0 Å². The van der Waals surface area contributed by atoms with Gasteiger partial charge < -0.3 is 19.7 Å². The molecular weight excluding hydrogens is 587 g/mol. The number of rotatable bonds is 5. The van der Waals surface area contributed by atoms with Gasteiger partial charge >= 0.3 is 5.97 Å². The van der Waals surface area contributed by atoms with Crippen LogP contribution in [0, 0.1) is 11.8 Å². The molecule has 0 fully saturated rings. The van der Waals surface area contributed by atoms with Crippen LogP contribution in [0.2, 0.25) is 15.1 Å². The van der Waals surface area contributed by atoms with E-state index in [0.717, 1.165) is 0 Å². The summed E-state index contributed by atoms with van der Waals surface area (Å²) in [4.78, 5) is 26.1. The zero-order chi connectivity index (χ0) is 29.2. The third kappa shape index (κ3) is 4.32. The summed E-state index contributed by atoms with van der Waals surface area (Å²) < 4.78 is 12.8. The molecule has 41 heavy (non-hydrogen) atoms. The molecule has 1 aliphatic carbocycles. The van der Waals surface area contributed by atoms with Crippen molar-refractivity contribution >= 4 is 52.1 Å². The Labute approximate surface area is 251 Å². The molecule has 9 heteroatoms. The Morgan fingerprint density at radius 1 is 0.976 bits per heavy atom. The first kappa shape index (κ1) is 27.7. The Morgan fingerprint density at radius 2 is 1.66 bits per heavy atom. The minimum absolute atomic E-state index is 0.00974. The van der Waals surface area contributed by atoms with Crippen molar-refractivity contribution in [1.82, 2.24) is 0 Å². The van der Waals surface area contributed by atoms with E-state index in [1.165, 1.54) is 18.2 Å². The van der Waals surface area contributed by atoms with E-state index in [0.29, 0.717) is 27.8 Å². The Balaban J connectivity index is 1.64. The van der Waals surface area contributed by atoms with Gasteiger partial charge in [0, 0.05) is 35.1 Å². The monoisotopic (exact) mass is 610 g/mol. The van der Waals surface area contributed by atoms with Crippen molar-refractivity contribution in [3.05, 3.63) is 109 Å². The summed E-state index contributed by atoms with van der Waals surface area (Å²) in [6.07, 6.45) is 1.44. The lowest BCUT2D eigenvalue weighted by Crippen LogP contribution is -2.50. The number of ether oxygens (including phenoxy) is 2. The standard InChI is InChI=1S/C32H25Cl3O6/c1-15(2)25(36)9-8-17-10-21-30(28(29(17)38)16-6-4-3-5-7-16)40-27-14-26(37)24(35)13-20(27)32(21)19-12-23(34)22(33)11-18(19)31(39)41-32/h3-7,10-15,21,30,37-38H,8-9H2,1-2H3. The normalized spacial score (nSPS) is 22.6. The highest BCUT2D eigenvalue weighted by Crippen LogP contribution is 2.60. The van der Waals surface area contributed by atoms with Gasteiger partial charge in [0.2, 0.25) is 0 Å². The number of fused-ring (bicyclic) bond motifs is 6. The molecule has 0 aromatic heterocycles. The molecule has 3 aromatic rings. The molecule has 3 aromatic carbocycles. The second-order valence-corrected chi connectivity index (χ2v) is 12.0. The average molecular weight is 612 g/mol. The molecule has 6 rings (SSSR count). The van der Waals surface area contributed by atoms with Crippen molar-refractivity contribution in [2.24, 2.45) is 11.8 Å². The predicted molar refractivity (Wildman–Crippen MR) is 157 cm³/mol. The van der Waals surface area contributed by atoms with E-state index in [-0.39, 0.29) is 62.4 Å². The van der Waals surface area contributed by atoms with Gasteiger partial charge in [0.1, 0.15) is 29.1 Å². The Kier molecular flexibility index (Phi) is 6.84. The third-order valence-electron chi connectivity index (χ3n) is 8.03. The maximum atomic E-state index is 13.5. The fourth-order valence-electron chi connectivity index (χ4n) is 5.97. The Bertz CT molecular complexity index is 1680. The Hall–Kier alpha value is -3.45. The number of ketones is 1. The number of allylic oxidation sites excluding steroid dienone is 1. The highest BCUT2D eigenvalue weighted by Gasteiger charge is 2.61. The van der Waals surface area contributed by atoms with Crippen LogP contribution in [0.25, 0.3) is 5.57 Å². The second kappa shape index (κ2) is 10.1. The van der Waals surface area contributed by atoms with Crippen LogP contribution in [0.15, 0.2) is 72.0 Å². The van der Waals surface area contributed by atoms with E-state index in [9.17, 15) is 19.8 Å². The quantitative estimate of drug-likeness (QED) is 0.284. The maximum Gasteiger partial charge on any atom is 0.339 e. The van der Waals surface area contributed by atoms with Gasteiger partial charge in [-0.05, 0) is 35.8 Å². The summed E-state index contributed by atoms with van der Waals surface area (Å²) >= 11 is 19.2. The van der Waals surface area contributed by atoms with Gasteiger partial charge in [-0.15, -0.1) is 0 Å². The van der Waals surface area contributed by atoms with Crippen LogP contribution >= 0.6 is 34.8 Å². The predicted octanol–water partition coefficient (Wildman–Crippen LogP) is 8.06. The lowest BCUT2D eigenvalue weighted by atomic mass is 9.66. The van der Waals surface area contributed by atoms with Gasteiger partial charge in [0.05, 0.1) is 26.5 Å². The largest absolute Gasteiger partial charge is 0.507 e. The highest BCUT2D eigenvalue weighted by molar-refractivity contribution is 6.42. The molecular formula is C32H25Cl3O6. The van der Waals surface area contributed by atoms with Crippen molar-refractivity contribution in [3.63, 3.8) is 0 Å². The van der Waals surface area contributed by atoms with Crippen LogP contribution in [0.1, 0.15) is 53.7 Å². The summed E-state index contributed by atoms with van der Waals surface area (Å²) in [6, 6.07) is 15.2. The number of phenols is 1. The molecule has 210 valence electrons. The number of Topliss-reactive ketones (excluding diaryl/α,β-unsaturated/α-hetero) is 1. The van der Waals surface area contributed by atoms with Crippen molar-refractivity contribution in [2.45, 2.75) is 38.4 Å². The van der Waals surface area contributed by atoms with E-state index < -0.39 is 23.6 Å². The molecule has 2 aliphatic heterocycles. The fourth-order valence-corrected chi connectivity index (χ4v) is 6.46. The molecule has 3 atom stereocenters. The zero-order valence-electron chi connectivity index (χ0n) is 22.1. The topological polar surface area (TPSA) is 93.1 Å². The van der Waals surface area contributed by atoms with Gasteiger partial charge in [-0.2, -0.15) is 0 Å². The minimum atomic E-state index is -1.50. The van der Waals surface area contributed by atoms with Crippen molar-refractivity contribution < 1.29 is 29.3 Å². The lowest BCUT2D eigenvalue weighted by Gasteiger charge is -2.47. The number of halogens is 3. The van der Waals surface area contributed by atoms with E-state index in [4.69, 9.17) is 44.3 Å². The van der Waals surface area contributed by atoms with E-state index >= 15 is 0 Å². The number of benzene rings is 3. The molecule has 0 saturated carbocycles. The van der Waals surface area contributed by atoms with Crippen molar-refractivity contribution in [3.8, 4) is 11.5 Å². The molecule has 2 heterocycles. The summed E-state index contributed by atoms with van der Waals surface area (Å²) in [6.45, 7) is 3.67.